The molecule has 0 radical (unpaired) electrons. The van der Waals surface area contributed by atoms with Crippen LogP contribution in [0.5, 0.6) is 5.75 Å². The number of amides is 1. The largest absolute Gasteiger partial charge is 0.495 e. The minimum absolute atomic E-state index is 0.0319. The number of rotatable bonds is 7. The monoisotopic (exact) mass is 496 g/mol. The summed E-state index contributed by atoms with van der Waals surface area (Å²) in [5, 5.41) is 7.41. The number of halogens is 2. The number of hydrogen-bond acceptors (Lipinski definition) is 5. The number of aromatic nitrogens is 2. The fourth-order valence-corrected chi connectivity index (χ4v) is 4.72. The average Bonchev–Trinajstić information content (AvgIpc) is 3.06. The molecular formula is C21H22Cl2N4O4S. The van der Waals surface area contributed by atoms with Gasteiger partial charge in [-0.25, -0.2) is 8.42 Å². The number of hydrogen-bond donors (Lipinski definition) is 2. The van der Waals surface area contributed by atoms with Crippen molar-refractivity contribution < 1.29 is 17.9 Å². The molecule has 170 valence electrons. The summed E-state index contributed by atoms with van der Waals surface area (Å²) in [6.45, 7) is 5.45. The van der Waals surface area contributed by atoms with Gasteiger partial charge in [-0.3, -0.25) is 14.2 Å². The predicted octanol–water partition coefficient (Wildman–Crippen LogP) is 4.82. The molecule has 1 atom stereocenters. The van der Waals surface area contributed by atoms with Crippen LogP contribution in [0.1, 0.15) is 24.4 Å². The Kier molecular flexibility index (Phi) is 7.02. The summed E-state index contributed by atoms with van der Waals surface area (Å²) in [6.07, 6.45) is 0. The Labute approximate surface area is 196 Å². The van der Waals surface area contributed by atoms with E-state index in [1.165, 1.54) is 43.5 Å². The van der Waals surface area contributed by atoms with Crippen LogP contribution in [0, 0.1) is 13.8 Å². The highest BCUT2D eigenvalue weighted by Gasteiger charge is 2.20. The highest BCUT2D eigenvalue weighted by Crippen LogP contribution is 2.30. The van der Waals surface area contributed by atoms with Crippen LogP contribution in [0.15, 0.2) is 47.4 Å². The first kappa shape index (κ1) is 23.9. The Balaban J connectivity index is 1.75. The second kappa shape index (κ2) is 9.40. The van der Waals surface area contributed by atoms with Gasteiger partial charge in [-0.05, 0) is 63.2 Å². The van der Waals surface area contributed by atoms with Crippen molar-refractivity contribution in [3.63, 3.8) is 0 Å². The second-order valence-electron chi connectivity index (χ2n) is 7.13. The molecule has 8 nitrogen and oxygen atoms in total. The van der Waals surface area contributed by atoms with Gasteiger partial charge in [0.25, 0.3) is 10.0 Å². The maximum atomic E-state index is 12.7. The summed E-state index contributed by atoms with van der Waals surface area (Å²) < 4.78 is 34.5. The van der Waals surface area contributed by atoms with Gasteiger partial charge in [0, 0.05) is 5.69 Å². The fourth-order valence-electron chi connectivity index (χ4n) is 3.09. The maximum Gasteiger partial charge on any atom is 0.261 e. The van der Waals surface area contributed by atoms with E-state index in [0.717, 1.165) is 11.4 Å². The first-order valence-corrected chi connectivity index (χ1v) is 11.7. The SMILES string of the molecule is COc1ccc(S(=O)(=O)Nc2ccc(NC(=O)[C@H](C)n3nc(C)cc3C)c(Cl)c2)cc1Cl. The smallest absolute Gasteiger partial charge is 0.261 e. The van der Waals surface area contributed by atoms with Crippen LogP contribution in [0.25, 0.3) is 0 Å². The lowest BCUT2D eigenvalue weighted by Crippen LogP contribution is -2.25. The Hall–Kier alpha value is -2.75. The Morgan fingerprint density at radius 1 is 1.09 bits per heavy atom. The van der Waals surface area contributed by atoms with Crippen LogP contribution < -0.4 is 14.8 Å². The number of anilines is 2. The Morgan fingerprint density at radius 2 is 1.81 bits per heavy atom. The lowest BCUT2D eigenvalue weighted by atomic mass is 10.2. The number of methoxy groups -OCH3 is 1. The third-order valence-electron chi connectivity index (χ3n) is 4.70. The highest BCUT2D eigenvalue weighted by atomic mass is 35.5. The average molecular weight is 497 g/mol. The van der Waals surface area contributed by atoms with Crippen LogP contribution in [-0.2, 0) is 14.8 Å². The molecule has 1 amide bonds. The minimum Gasteiger partial charge on any atom is -0.495 e. The summed E-state index contributed by atoms with van der Waals surface area (Å²) >= 11 is 12.3. The van der Waals surface area contributed by atoms with Gasteiger partial charge in [-0.1, -0.05) is 23.2 Å². The standard InChI is InChI=1S/C21H22Cl2N4O4S/c1-12-9-13(2)27(25-12)14(3)21(28)24-19-7-5-15(10-17(19)22)26-32(29,30)16-6-8-20(31-4)18(23)11-16/h5-11,14,26H,1-4H3,(H,24,28)/t14-/m0/s1. The van der Waals surface area contributed by atoms with Crippen LogP contribution in [-0.4, -0.2) is 31.2 Å². The quantitative estimate of drug-likeness (QED) is 0.488. The molecule has 0 spiro atoms. The summed E-state index contributed by atoms with van der Waals surface area (Å²) in [5.74, 6) is 0.0581. The molecule has 0 bridgehead atoms. The van der Waals surface area contributed by atoms with Crippen molar-refractivity contribution in [3.05, 3.63) is 63.9 Å². The van der Waals surface area contributed by atoms with Crippen LogP contribution in [0.3, 0.4) is 0 Å². The zero-order valence-electron chi connectivity index (χ0n) is 17.8. The van der Waals surface area contributed by atoms with Gasteiger partial charge in [-0.2, -0.15) is 5.10 Å². The molecule has 0 aliphatic heterocycles. The van der Waals surface area contributed by atoms with E-state index in [9.17, 15) is 13.2 Å². The summed E-state index contributed by atoms with van der Waals surface area (Å²) in [4.78, 5) is 12.6. The van der Waals surface area contributed by atoms with Crippen molar-refractivity contribution in [2.75, 3.05) is 17.1 Å². The van der Waals surface area contributed by atoms with Crippen molar-refractivity contribution in [2.24, 2.45) is 0 Å². The van der Waals surface area contributed by atoms with Gasteiger partial charge < -0.3 is 10.1 Å². The normalized spacial score (nSPS) is 12.3. The van der Waals surface area contributed by atoms with Crippen molar-refractivity contribution in [2.45, 2.75) is 31.7 Å². The third kappa shape index (κ3) is 5.17. The topological polar surface area (TPSA) is 102 Å². The number of ether oxygens (including phenoxy) is 1. The fraction of sp³-hybridized carbons (Fsp3) is 0.238. The van der Waals surface area contributed by atoms with Gasteiger partial charge in [0.15, 0.2) is 0 Å². The molecule has 0 unspecified atom stereocenters. The molecule has 0 aliphatic rings. The second-order valence-corrected chi connectivity index (χ2v) is 9.63. The van der Waals surface area contributed by atoms with Crippen molar-refractivity contribution in [3.8, 4) is 5.75 Å². The Morgan fingerprint density at radius 3 is 2.38 bits per heavy atom. The molecule has 1 aromatic heterocycles. The van der Waals surface area contributed by atoms with Gasteiger partial charge in [-0.15, -0.1) is 0 Å². The predicted molar refractivity (Wildman–Crippen MR) is 125 cm³/mol. The van der Waals surface area contributed by atoms with E-state index in [-0.39, 0.29) is 26.5 Å². The molecule has 32 heavy (non-hydrogen) atoms. The number of nitrogens with zero attached hydrogens (tertiary/aromatic N) is 2. The first-order valence-electron chi connectivity index (χ1n) is 9.51. The summed E-state index contributed by atoms with van der Waals surface area (Å²) in [6, 6.07) is 9.89. The number of sulfonamides is 1. The van der Waals surface area contributed by atoms with E-state index in [0.29, 0.717) is 11.4 Å². The molecule has 1 heterocycles. The van der Waals surface area contributed by atoms with Crippen molar-refractivity contribution in [1.82, 2.24) is 9.78 Å². The van der Waals surface area contributed by atoms with E-state index in [1.807, 2.05) is 19.9 Å². The number of nitrogens with one attached hydrogen (secondary N) is 2. The third-order valence-corrected chi connectivity index (χ3v) is 6.69. The lowest BCUT2D eigenvalue weighted by Gasteiger charge is -2.16. The van der Waals surface area contributed by atoms with Crippen molar-refractivity contribution >= 4 is 50.5 Å². The van der Waals surface area contributed by atoms with Crippen LogP contribution >= 0.6 is 23.2 Å². The number of carbonyl (C=O) groups excluding carboxylic acids is 1. The maximum absolute atomic E-state index is 12.7. The Bertz CT molecular complexity index is 1270. The number of carbonyl (C=O) groups is 1. The zero-order valence-corrected chi connectivity index (χ0v) is 20.1. The molecule has 0 saturated heterocycles. The summed E-state index contributed by atoms with van der Waals surface area (Å²) in [5.41, 5.74) is 2.25. The molecule has 2 aromatic carbocycles. The van der Waals surface area contributed by atoms with Gasteiger partial charge >= 0.3 is 0 Å². The van der Waals surface area contributed by atoms with E-state index in [4.69, 9.17) is 27.9 Å². The molecule has 11 heteroatoms. The molecular weight excluding hydrogens is 475 g/mol. The first-order chi connectivity index (χ1) is 15.0. The van der Waals surface area contributed by atoms with Crippen LogP contribution in [0.2, 0.25) is 10.0 Å². The van der Waals surface area contributed by atoms with Crippen LogP contribution in [0.4, 0.5) is 11.4 Å². The molecule has 0 aliphatic carbocycles. The van der Waals surface area contributed by atoms with E-state index in [1.54, 1.807) is 11.6 Å². The highest BCUT2D eigenvalue weighted by molar-refractivity contribution is 7.92. The van der Waals surface area contributed by atoms with Crippen molar-refractivity contribution in [1.29, 1.82) is 0 Å². The van der Waals surface area contributed by atoms with Gasteiger partial charge in [0.05, 0.1) is 39.1 Å². The van der Waals surface area contributed by atoms with E-state index in [2.05, 4.69) is 15.1 Å². The summed E-state index contributed by atoms with van der Waals surface area (Å²) in [7, 11) is -2.47. The molecule has 0 saturated carbocycles. The minimum atomic E-state index is -3.91. The van der Waals surface area contributed by atoms with Gasteiger partial charge in [0.2, 0.25) is 5.91 Å². The molecule has 2 N–H and O–H groups in total. The number of benzene rings is 2. The lowest BCUT2D eigenvalue weighted by molar-refractivity contribution is -0.119. The zero-order chi connectivity index (χ0) is 23.6. The van der Waals surface area contributed by atoms with E-state index < -0.39 is 16.1 Å². The molecule has 3 rings (SSSR count). The van der Waals surface area contributed by atoms with Gasteiger partial charge in [0.1, 0.15) is 11.8 Å². The molecule has 0 fully saturated rings. The van der Waals surface area contributed by atoms with E-state index >= 15 is 0 Å². The number of aryl methyl sites for hydroxylation is 2. The molecule has 3 aromatic rings.